The Balaban J connectivity index is 1.87. The molecule has 0 bridgehead atoms. The molecular formula is C15H19N5S. The van der Waals surface area contributed by atoms with E-state index >= 15 is 0 Å². The first kappa shape index (κ1) is 13.0. The van der Waals surface area contributed by atoms with Crippen molar-refractivity contribution in [1.82, 2.24) is 14.8 Å². The molecule has 1 aliphatic heterocycles. The second-order valence-corrected chi connectivity index (χ2v) is 6.52. The van der Waals surface area contributed by atoms with Crippen LogP contribution in [0, 0.1) is 0 Å². The Labute approximate surface area is 128 Å². The number of para-hydroxylation sites is 2. The van der Waals surface area contributed by atoms with E-state index in [0.29, 0.717) is 0 Å². The summed E-state index contributed by atoms with van der Waals surface area (Å²) in [4.78, 5) is 4.64. The number of hydrogen-bond donors (Lipinski definition) is 2. The minimum absolute atomic E-state index is 0.0919. The van der Waals surface area contributed by atoms with Gasteiger partial charge in [-0.3, -0.25) is 0 Å². The van der Waals surface area contributed by atoms with Crippen molar-refractivity contribution in [2.24, 2.45) is 0 Å². The van der Waals surface area contributed by atoms with Crippen molar-refractivity contribution in [3.05, 3.63) is 24.3 Å². The van der Waals surface area contributed by atoms with E-state index in [4.69, 9.17) is 0 Å². The van der Waals surface area contributed by atoms with Crippen LogP contribution in [-0.4, -0.2) is 26.7 Å². The quantitative estimate of drug-likeness (QED) is 0.790. The van der Waals surface area contributed by atoms with E-state index < -0.39 is 0 Å². The van der Waals surface area contributed by atoms with Gasteiger partial charge in [0, 0.05) is 0 Å². The van der Waals surface area contributed by atoms with E-state index in [2.05, 4.69) is 38.9 Å². The standard InChI is InChI=1S/C15H19N5S/c1-21-14-16-13-18-15(9-5-2-6-10-15)17-11-7-3-4-8-12(11)20(13)19-14/h3-4,7-8,17H,2,5-6,9-10H2,1H3,(H,16,18,19). The van der Waals surface area contributed by atoms with Crippen LogP contribution in [0.2, 0.25) is 0 Å². The predicted molar refractivity (Wildman–Crippen MR) is 86.2 cm³/mol. The molecule has 110 valence electrons. The summed E-state index contributed by atoms with van der Waals surface area (Å²) < 4.78 is 1.93. The minimum atomic E-state index is -0.0919. The first-order valence-corrected chi connectivity index (χ1v) is 8.69. The van der Waals surface area contributed by atoms with Crippen molar-refractivity contribution >= 4 is 23.4 Å². The van der Waals surface area contributed by atoms with Gasteiger partial charge >= 0.3 is 0 Å². The molecule has 1 aromatic heterocycles. The molecule has 1 spiro atoms. The smallest absolute Gasteiger partial charge is 0.228 e. The summed E-state index contributed by atoms with van der Waals surface area (Å²) in [5, 5.41) is 12.8. The minimum Gasteiger partial charge on any atom is -0.361 e. The molecule has 5 nitrogen and oxygen atoms in total. The van der Waals surface area contributed by atoms with Gasteiger partial charge in [0.2, 0.25) is 11.1 Å². The molecule has 0 saturated heterocycles. The van der Waals surface area contributed by atoms with Gasteiger partial charge in [-0.2, -0.15) is 9.67 Å². The van der Waals surface area contributed by atoms with Gasteiger partial charge in [0.25, 0.3) is 0 Å². The van der Waals surface area contributed by atoms with Gasteiger partial charge in [-0.15, -0.1) is 5.10 Å². The van der Waals surface area contributed by atoms with Gasteiger partial charge < -0.3 is 10.6 Å². The topological polar surface area (TPSA) is 54.8 Å². The molecule has 0 amide bonds. The van der Waals surface area contributed by atoms with E-state index in [1.807, 2.05) is 17.0 Å². The molecule has 2 aromatic rings. The molecule has 1 aromatic carbocycles. The Bertz CT molecular complexity index is 660. The third-order valence-electron chi connectivity index (χ3n) is 4.33. The van der Waals surface area contributed by atoms with Gasteiger partial charge in [-0.05, 0) is 44.1 Å². The van der Waals surface area contributed by atoms with Crippen molar-refractivity contribution < 1.29 is 0 Å². The average Bonchev–Trinajstić information content (AvgIpc) is 2.86. The molecule has 6 heteroatoms. The van der Waals surface area contributed by atoms with E-state index in [1.165, 1.54) is 19.3 Å². The maximum absolute atomic E-state index is 4.64. The summed E-state index contributed by atoms with van der Waals surface area (Å²) in [6.07, 6.45) is 8.04. The highest BCUT2D eigenvalue weighted by molar-refractivity contribution is 7.98. The maximum Gasteiger partial charge on any atom is 0.228 e. The van der Waals surface area contributed by atoms with Crippen LogP contribution in [0.3, 0.4) is 0 Å². The van der Waals surface area contributed by atoms with Gasteiger partial charge in [-0.1, -0.05) is 30.3 Å². The van der Waals surface area contributed by atoms with Crippen LogP contribution in [0.4, 0.5) is 11.6 Å². The highest BCUT2D eigenvalue weighted by Crippen LogP contribution is 2.38. The number of benzene rings is 1. The Morgan fingerprint density at radius 3 is 2.76 bits per heavy atom. The molecular weight excluding hydrogens is 282 g/mol. The van der Waals surface area contributed by atoms with Crippen molar-refractivity contribution in [2.45, 2.75) is 42.9 Å². The summed E-state index contributed by atoms with van der Waals surface area (Å²) in [5.41, 5.74) is 2.10. The number of anilines is 2. The van der Waals surface area contributed by atoms with Crippen LogP contribution in [-0.2, 0) is 0 Å². The van der Waals surface area contributed by atoms with Crippen LogP contribution >= 0.6 is 11.8 Å². The van der Waals surface area contributed by atoms with Crippen molar-refractivity contribution in [2.75, 3.05) is 16.9 Å². The van der Waals surface area contributed by atoms with Crippen LogP contribution in [0.15, 0.2) is 29.4 Å². The monoisotopic (exact) mass is 301 g/mol. The molecule has 0 radical (unpaired) electrons. The summed E-state index contributed by atoms with van der Waals surface area (Å²) in [6.45, 7) is 0. The highest BCUT2D eigenvalue weighted by Gasteiger charge is 2.36. The fourth-order valence-corrected chi connectivity index (χ4v) is 3.64. The molecule has 2 aliphatic rings. The number of hydrogen-bond acceptors (Lipinski definition) is 5. The zero-order valence-corrected chi connectivity index (χ0v) is 12.9. The summed E-state index contributed by atoms with van der Waals surface area (Å²) in [7, 11) is 0. The zero-order valence-electron chi connectivity index (χ0n) is 12.1. The predicted octanol–water partition coefficient (Wildman–Crippen LogP) is 3.49. The lowest BCUT2D eigenvalue weighted by molar-refractivity contribution is 0.359. The number of rotatable bonds is 1. The second-order valence-electron chi connectivity index (χ2n) is 5.74. The molecule has 4 rings (SSSR count). The first-order chi connectivity index (χ1) is 10.3. The van der Waals surface area contributed by atoms with E-state index in [1.54, 1.807) is 11.8 Å². The average molecular weight is 301 g/mol. The van der Waals surface area contributed by atoms with Crippen LogP contribution in [0.25, 0.3) is 5.69 Å². The number of fused-ring (bicyclic) bond motifs is 3. The maximum atomic E-state index is 4.64. The highest BCUT2D eigenvalue weighted by atomic mass is 32.2. The first-order valence-electron chi connectivity index (χ1n) is 7.46. The fourth-order valence-electron chi connectivity index (χ4n) is 3.30. The molecule has 1 fully saturated rings. The molecule has 1 aliphatic carbocycles. The SMILES string of the molecule is CSc1nc2n(n1)-c1ccccc1NC1(CCCCC1)N2. The Morgan fingerprint density at radius 2 is 1.95 bits per heavy atom. The van der Waals surface area contributed by atoms with Crippen molar-refractivity contribution in [3.8, 4) is 5.69 Å². The molecule has 2 N–H and O–H groups in total. The van der Waals surface area contributed by atoms with Crippen LogP contribution in [0.1, 0.15) is 32.1 Å². The third kappa shape index (κ3) is 2.18. The second kappa shape index (κ2) is 4.94. The van der Waals surface area contributed by atoms with Gasteiger partial charge in [0.15, 0.2) is 0 Å². The van der Waals surface area contributed by atoms with Gasteiger partial charge in [0.05, 0.1) is 11.4 Å². The number of thioether (sulfide) groups is 1. The molecule has 0 atom stereocenters. The largest absolute Gasteiger partial charge is 0.361 e. The number of nitrogens with one attached hydrogen (secondary N) is 2. The third-order valence-corrected chi connectivity index (χ3v) is 4.87. The molecule has 2 heterocycles. The lowest BCUT2D eigenvalue weighted by Crippen LogP contribution is -2.47. The van der Waals surface area contributed by atoms with Crippen LogP contribution < -0.4 is 10.6 Å². The molecule has 0 unspecified atom stereocenters. The Kier molecular flexibility index (Phi) is 3.06. The molecule has 1 saturated carbocycles. The van der Waals surface area contributed by atoms with Crippen molar-refractivity contribution in [1.29, 1.82) is 0 Å². The van der Waals surface area contributed by atoms with Gasteiger partial charge in [0.1, 0.15) is 5.66 Å². The van der Waals surface area contributed by atoms with E-state index in [9.17, 15) is 0 Å². The van der Waals surface area contributed by atoms with E-state index in [-0.39, 0.29) is 5.66 Å². The van der Waals surface area contributed by atoms with Crippen LogP contribution in [0.5, 0.6) is 0 Å². The Hall–Kier alpha value is -1.69. The Morgan fingerprint density at radius 1 is 1.14 bits per heavy atom. The normalized spacial score (nSPS) is 19.1. The lowest BCUT2D eigenvalue weighted by atomic mass is 9.88. The lowest BCUT2D eigenvalue weighted by Gasteiger charge is -2.38. The van der Waals surface area contributed by atoms with Crippen molar-refractivity contribution in [3.63, 3.8) is 0 Å². The van der Waals surface area contributed by atoms with Gasteiger partial charge in [-0.25, -0.2) is 0 Å². The fraction of sp³-hybridized carbons (Fsp3) is 0.467. The number of aromatic nitrogens is 3. The summed E-state index contributed by atoms with van der Waals surface area (Å²) in [6, 6.07) is 8.33. The van der Waals surface area contributed by atoms with E-state index in [0.717, 1.165) is 35.3 Å². The zero-order chi connectivity index (χ0) is 14.3. The summed E-state index contributed by atoms with van der Waals surface area (Å²) in [5.74, 6) is 0.846. The molecule has 21 heavy (non-hydrogen) atoms. The number of nitrogens with zero attached hydrogens (tertiary/aromatic N) is 3. The summed E-state index contributed by atoms with van der Waals surface area (Å²) >= 11 is 1.58.